The van der Waals surface area contributed by atoms with Gasteiger partial charge in [-0.15, -0.1) is 0 Å². The summed E-state index contributed by atoms with van der Waals surface area (Å²) in [5.41, 5.74) is 0. The third-order valence-electron chi connectivity index (χ3n) is 7.16. The molecule has 0 aromatic heterocycles. The minimum absolute atomic E-state index is 0.0415. The van der Waals surface area contributed by atoms with Crippen molar-refractivity contribution in [3.8, 4) is 0 Å². The minimum atomic E-state index is -0.0686. The first kappa shape index (κ1) is 39.8. The van der Waals surface area contributed by atoms with E-state index in [1.54, 1.807) is 0 Å². The molecule has 0 saturated carbocycles. The van der Waals surface area contributed by atoms with Gasteiger partial charge < -0.3 is 9.47 Å². The first-order valence-corrected chi connectivity index (χ1v) is 17.0. The number of hydrogen-bond acceptors (Lipinski definition) is 4. The summed E-state index contributed by atoms with van der Waals surface area (Å²) in [7, 11) is 1.46. The van der Waals surface area contributed by atoms with Gasteiger partial charge in [0.05, 0.1) is 13.7 Å². The SMILES string of the molecule is CCCCCCCC/C=C\CCCCCCCC(=O)OCC.CCCCCCCCCCCCCC(=O)OC. The normalized spacial score (nSPS) is 10.9. The molecule has 0 radical (unpaired) electrons. The van der Waals surface area contributed by atoms with Crippen LogP contribution >= 0.6 is 0 Å². The zero-order valence-electron chi connectivity index (χ0n) is 26.9. The lowest BCUT2D eigenvalue weighted by molar-refractivity contribution is -0.143. The average Bonchev–Trinajstić information content (AvgIpc) is 2.94. The monoisotopic (exact) mass is 553 g/mol. The van der Waals surface area contributed by atoms with E-state index in [2.05, 4.69) is 30.7 Å². The van der Waals surface area contributed by atoms with E-state index in [1.807, 2.05) is 6.92 Å². The second-order valence-corrected chi connectivity index (χ2v) is 11.0. The van der Waals surface area contributed by atoms with E-state index in [0.717, 1.165) is 19.3 Å². The summed E-state index contributed by atoms with van der Waals surface area (Å²) in [6, 6.07) is 0. The van der Waals surface area contributed by atoms with Crippen LogP contribution in [0.1, 0.15) is 188 Å². The highest BCUT2D eigenvalue weighted by Crippen LogP contribution is 2.12. The Labute approximate surface area is 244 Å². The maximum Gasteiger partial charge on any atom is 0.305 e. The van der Waals surface area contributed by atoms with Crippen molar-refractivity contribution in [2.45, 2.75) is 188 Å². The smallest absolute Gasteiger partial charge is 0.305 e. The number of unbranched alkanes of at least 4 members (excludes halogenated alkanes) is 21. The molecule has 0 fully saturated rings. The lowest BCUT2D eigenvalue weighted by Gasteiger charge is -2.02. The molecule has 0 amide bonds. The van der Waals surface area contributed by atoms with Gasteiger partial charge >= 0.3 is 11.9 Å². The van der Waals surface area contributed by atoms with E-state index in [4.69, 9.17) is 4.74 Å². The Morgan fingerprint density at radius 3 is 1.15 bits per heavy atom. The van der Waals surface area contributed by atoms with Crippen molar-refractivity contribution in [1.82, 2.24) is 0 Å². The Bertz CT molecular complexity index is 515. The number of methoxy groups -OCH3 is 1. The number of ether oxygens (including phenoxy) is 2. The fourth-order valence-electron chi connectivity index (χ4n) is 4.61. The van der Waals surface area contributed by atoms with Crippen LogP contribution < -0.4 is 0 Å². The molecule has 0 aromatic rings. The lowest BCUT2D eigenvalue weighted by atomic mass is 10.1. The number of hydrogen-bond donors (Lipinski definition) is 0. The molecule has 0 unspecified atom stereocenters. The zero-order valence-corrected chi connectivity index (χ0v) is 26.9. The maximum absolute atomic E-state index is 11.1. The van der Waals surface area contributed by atoms with Crippen molar-refractivity contribution in [2.75, 3.05) is 13.7 Å². The molecule has 0 atom stereocenters. The van der Waals surface area contributed by atoms with Gasteiger partial charge in [0.1, 0.15) is 0 Å². The Hall–Kier alpha value is -1.32. The van der Waals surface area contributed by atoms with Crippen molar-refractivity contribution >= 4 is 11.9 Å². The molecular formula is C35H68O4. The standard InChI is InChI=1S/C20H38O2.C15H30O2/c1-3-5-6-7-8-9-10-11-12-13-14-15-16-17-18-19-20(21)22-4-2;1-3-4-5-6-7-8-9-10-11-12-13-14-15(16)17-2/h11-12H,3-10,13-19H2,1-2H3;3-14H2,1-2H3/b12-11-;. The summed E-state index contributed by atoms with van der Waals surface area (Å²) in [6.45, 7) is 6.89. The van der Waals surface area contributed by atoms with Gasteiger partial charge in [-0.05, 0) is 45.4 Å². The van der Waals surface area contributed by atoms with Gasteiger partial charge in [-0.1, -0.05) is 142 Å². The topological polar surface area (TPSA) is 52.6 Å². The molecule has 0 rings (SSSR count). The molecular weight excluding hydrogens is 484 g/mol. The highest BCUT2D eigenvalue weighted by molar-refractivity contribution is 5.69. The van der Waals surface area contributed by atoms with E-state index in [-0.39, 0.29) is 11.9 Å². The van der Waals surface area contributed by atoms with Crippen LogP contribution in [0.2, 0.25) is 0 Å². The molecule has 0 heterocycles. The van der Waals surface area contributed by atoms with Crippen LogP contribution in [0, 0.1) is 0 Å². The second kappa shape index (κ2) is 36.7. The molecule has 4 heteroatoms. The number of esters is 2. The number of allylic oxidation sites excluding steroid dienone is 2. The molecule has 4 nitrogen and oxygen atoms in total. The predicted octanol–water partition coefficient (Wildman–Crippen LogP) is 11.4. The average molecular weight is 553 g/mol. The van der Waals surface area contributed by atoms with Crippen LogP contribution in [0.4, 0.5) is 0 Å². The maximum atomic E-state index is 11.1. The van der Waals surface area contributed by atoms with Gasteiger partial charge in [0.15, 0.2) is 0 Å². The third kappa shape index (κ3) is 38.9. The fourth-order valence-corrected chi connectivity index (χ4v) is 4.61. The largest absolute Gasteiger partial charge is 0.469 e. The molecule has 39 heavy (non-hydrogen) atoms. The van der Waals surface area contributed by atoms with Crippen LogP contribution in [0.5, 0.6) is 0 Å². The van der Waals surface area contributed by atoms with Crippen LogP contribution in [-0.2, 0) is 19.1 Å². The van der Waals surface area contributed by atoms with Crippen molar-refractivity contribution in [2.24, 2.45) is 0 Å². The molecule has 232 valence electrons. The van der Waals surface area contributed by atoms with E-state index in [9.17, 15) is 9.59 Å². The molecule has 0 bridgehead atoms. The van der Waals surface area contributed by atoms with Crippen LogP contribution in [-0.4, -0.2) is 25.7 Å². The summed E-state index contributed by atoms with van der Waals surface area (Å²) in [5.74, 6) is -0.110. The van der Waals surface area contributed by atoms with E-state index >= 15 is 0 Å². The first-order chi connectivity index (χ1) is 19.1. The first-order valence-electron chi connectivity index (χ1n) is 17.0. The van der Waals surface area contributed by atoms with Gasteiger partial charge in [0, 0.05) is 12.8 Å². The Morgan fingerprint density at radius 2 is 0.795 bits per heavy atom. The molecule has 0 saturated heterocycles. The van der Waals surface area contributed by atoms with Crippen molar-refractivity contribution in [3.05, 3.63) is 12.2 Å². The van der Waals surface area contributed by atoms with Crippen molar-refractivity contribution in [3.63, 3.8) is 0 Å². The molecule has 0 aliphatic heterocycles. The van der Waals surface area contributed by atoms with E-state index < -0.39 is 0 Å². The van der Waals surface area contributed by atoms with Crippen LogP contribution in [0.3, 0.4) is 0 Å². The highest BCUT2D eigenvalue weighted by atomic mass is 16.5. The van der Waals surface area contributed by atoms with Gasteiger partial charge in [-0.3, -0.25) is 9.59 Å². The second-order valence-electron chi connectivity index (χ2n) is 11.0. The van der Waals surface area contributed by atoms with Crippen molar-refractivity contribution in [1.29, 1.82) is 0 Å². The fraction of sp³-hybridized carbons (Fsp3) is 0.886. The van der Waals surface area contributed by atoms with Gasteiger partial charge in [0.25, 0.3) is 0 Å². The summed E-state index contributed by atoms with van der Waals surface area (Å²) in [6.07, 6.45) is 37.1. The number of carbonyl (C=O) groups excluding carboxylic acids is 2. The Morgan fingerprint density at radius 1 is 0.462 bits per heavy atom. The summed E-state index contributed by atoms with van der Waals surface area (Å²) in [4.78, 5) is 22.0. The summed E-state index contributed by atoms with van der Waals surface area (Å²) < 4.78 is 9.52. The van der Waals surface area contributed by atoms with E-state index in [0.29, 0.717) is 19.4 Å². The molecule has 0 aliphatic rings. The molecule has 0 aromatic carbocycles. The Kier molecular flexibility index (Phi) is 37.5. The molecule has 0 aliphatic carbocycles. The highest BCUT2D eigenvalue weighted by Gasteiger charge is 2.00. The number of rotatable bonds is 28. The van der Waals surface area contributed by atoms with Gasteiger partial charge in [0.2, 0.25) is 0 Å². The van der Waals surface area contributed by atoms with Gasteiger partial charge in [-0.2, -0.15) is 0 Å². The Balaban J connectivity index is 0. The minimum Gasteiger partial charge on any atom is -0.469 e. The quantitative estimate of drug-likeness (QED) is 0.0550. The predicted molar refractivity (Wildman–Crippen MR) is 169 cm³/mol. The third-order valence-corrected chi connectivity index (χ3v) is 7.16. The summed E-state index contributed by atoms with van der Waals surface area (Å²) >= 11 is 0. The molecule has 0 spiro atoms. The van der Waals surface area contributed by atoms with Gasteiger partial charge in [-0.25, -0.2) is 0 Å². The molecule has 0 N–H and O–H groups in total. The number of carbonyl (C=O) groups is 2. The summed E-state index contributed by atoms with van der Waals surface area (Å²) in [5, 5.41) is 0. The van der Waals surface area contributed by atoms with Crippen LogP contribution in [0.15, 0.2) is 12.2 Å². The lowest BCUT2D eigenvalue weighted by Crippen LogP contribution is -2.03. The van der Waals surface area contributed by atoms with E-state index in [1.165, 1.54) is 142 Å². The van der Waals surface area contributed by atoms with Crippen molar-refractivity contribution < 1.29 is 19.1 Å². The van der Waals surface area contributed by atoms with Crippen LogP contribution in [0.25, 0.3) is 0 Å². The zero-order chi connectivity index (χ0) is 29.1.